The molecule has 2 atom stereocenters. The molecular weight excluding hydrogens is 216 g/mol. The van der Waals surface area contributed by atoms with Crippen LogP contribution < -0.4 is 10.9 Å². The van der Waals surface area contributed by atoms with Gasteiger partial charge < -0.3 is 4.74 Å². The minimum atomic E-state index is 0.0349. The fraction of sp³-hybridized carbons (Fsp3) is 0.462. The van der Waals surface area contributed by atoms with Gasteiger partial charge in [-0.15, -0.1) is 0 Å². The van der Waals surface area contributed by atoms with Gasteiger partial charge in [0, 0.05) is 0 Å². The molecular formula is C13H20N2O2. The largest absolute Gasteiger partial charge is 0.372 e. The summed E-state index contributed by atoms with van der Waals surface area (Å²) in [5.74, 6) is 0. The van der Waals surface area contributed by atoms with Crippen molar-refractivity contribution in [1.82, 2.24) is 10.9 Å². The van der Waals surface area contributed by atoms with Crippen molar-refractivity contribution in [3.63, 3.8) is 0 Å². The molecule has 0 spiro atoms. The highest BCUT2D eigenvalue weighted by molar-refractivity contribution is 5.44. The maximum absolute atomic E-state index is 10.2. The van der Waals surface area contributed by atoms with Gasteiger partial charge in [-0.05, 0) is 18.9 Å². The monoisotopic (exact) mass is 236 g/mol. The molecule has 0 heterocycles. The van der Waals surface area contributed by atoms with Gasteiger partial charge in [0.05, 0.1) is 18.8 Å². The third-order valence-corrected chi connectivity index (χ3v) is 2.69. The van der Waals surface area contributed by atoms with Crippen LogP contribution in [0.2, 0.25) is 0 Å². The summed E-state index contributed by atoms with van der Waals surface area (Å²) in [6.45, 7) is 4.63. The first-order chi connectivity index (χ1) is 8.27. The second-order valence-corrected chi connectivity index (χ2v) is 3.92. The predicted molar refractivity (Wildman–Crippen MR) is 67.1 cm³/mol. The lowest BCUT2D eigenvalue weighted by Crippen LogP contribution is -2.46. The molecule has 1 aromatic carbocycles. The van der Waals surface area contributed by atoms with Gasteiger partial charge in [-0.3, -0.25) is 10.2 Å². The molecule has 2 N–H and O–H groups in total. The highest BCUT2D eigenvalue weighted by Crippen LogP contribution is 2.07. The van der Waals surface area contributed by atoms with Crippen LogP contribution in [0.3, 0.4) is 0 Å². The molecule has 0 saturated carbocycles. The number of benzene rings is 1. The van der Waals surface area contributed by atoms with Crippen LogP contribution in [0.15, 0.2) is 30.3 Å². The first-order valence-corrected chi connectivity index (χ1v) is 5.88. The highest BCUT2D eigenvalue weighted by Gasteiger charge is 2.15. The van der Waals surface area contributed by atoms with E-state index in [9.17, 15) is 4.79 Å². The van der Waals surface area contributed by atoms with Gasteiger partial charge in [-0.1, -0.05) is 37.3 Å². The van der Waals surface area contributed by atoms with Crippen molar-refractivity contribution in [1.29, 1.82) is 0 Å². The highest BCUT2D eigenvalue weighted by atomic mass is 16.5. The van der Waals surface area contributed by atoms with E-state index in [0.717, 1.165) is 12.0 Å². The molecule has 0 fully saturated rings. The number of hydrogen-bond donors (Lipinski definition) is 2. The van der Waals surface area contributed by atoms with Gasteiger partial charge in [-0.25, -0.2) is 5.43 Å². The lowest BCUT2D eigenvalue weighted by atomic mass is 10.1. The number of hydrogen-bond acceptors (Lipinski definition) is 3. The van der Waals surface area contributed by atoms with E-state index in [4.69, 9.17) is 4.74 Å². The summed E-state index contributed by atoms with van der Waals surface area (Å²) in [6.07, 6.45) is 1.55. The first kappa shape index (κ1) is 13.7. The number of carbonyl (C=O) groups is 1. The average Bonchev–Trinajstić information content (AvgIpc) is 2.38. The van der Waals surface area contributed by atoms with E-state index in [1.807, 2.05) is 44.2 Å². The fourth-order valence-electron chi connectivity index (χ4n) is 1.61. The summed E-state index contributed by atoms with van der Waals surface area (Å²) >= 11 is 0. The third kappa shape index (κ3) is 4.97. The Morgan fingerprint density at radius 3 is 2.65 bits per heavy atom. The Balaban J connectivity index is 2.36. The lowest BCUT2D eigenvalue weighted by Gasteiger charge is -2.23. The molecule has 0 aliphatic rings. The van der Waals surface area contributed by atoms with Crippen LogP contribution in [0.4, 0.5) is 0 Å². The van der Waals surface area contributed by atoms with Crippen LogP contribution in [0.5, 0.6) is 0 Å². The second kappa shape index (κ2) is 7.81. The lowest BCUT2D eigenvalue weighted by molar-refractivity contribution is -0.111. The first-order valence-electron chi connectivity index (χ1n) is 5.88. The van der Waals surface area contributed by atoms with Crippen molar-refractivity contribution < 1.29 is 9.53 Å². The van der Waals surface area contributed by atoms with Gasteiger partial charge in [0.15, 0.2) is 0 Å². The number of ether oxygens (including phenoxy) is 1. The smallest absolute Gasteiger partial charge is 0.221 e. The number of carbonyl (C=O) groups excluding carboxylic acids is 1. The van der Waals surface area contributed by atoms with Crippen LogP contribution in [0.1, 0.15) is 25.8 Å². The normalized spacial score (nSPS) is 14.0. The van der Waals surface area contributed by atoms with E-state index < -0.39 is 0 Å². The molecule has 1 amide bonds. The van der Waals surface area contributed by atoms with Crippen molar-refractivity contribution in [2.75, 3.05) is 0 Å². The van der Waals surface area contributed by atoms with Crippen molar-refractivity contribution >= 4 is 6.41 Å². The van der Waals surface area contributed by atoms with Crippen LogP contribution in [-0.2, 0) is 16.1 Å². The van der Waals surface area contributed by atoms with E-state index >= 15 is 0 Å². The molecule has 94 valence electrons. The Morgan fingerprint density at radius 1 is 1.35 bits per heavy atom. The Kier molecular flexibility index (Phi) is 6.29. The SMILES string of the molecule is CC[C@@H](NNC=O)[C@@H](C)OCc1ccccc1. The van der Waals surface area contributed by atoms with E-state index in [0.29, 0.717) is 13.0 Å². The topological polar surface area (TPSA) is 50.4 Å². The quantitative estimate of drug-likeness (QED) is 0.532. The van der Waals surface area contributed by atoms with Crippen molar-refractivity contribution in [3.8, 4) is 0 Å². The van der Waals surface area contributed by atoms with Crippen LogP contribution in [0.25, 0.3) is 0 Å². The average molecular weight is 236 g/mol. The second-order valence-electron chi connectivity index (χ2n) is 3.92. The molecule has 0 aliphatic heterocycles. The van der Waals surface area contributed by atoms with E-state index in [1.54, 1.807) is 0 Å². The molecule has 0 bridgehead atoms. The molecule has 1 aromatic rings. The fourth-order valence-corrected chi connectivity index (χ4v) is 1.61. The summed E-state index contributed by atoms with van der Waals surface area (Å²) in [6, 6.07) is 10.1. The van der Waals surface area contributed by atoms with Crippen molar-refractivity contribution in [2.24, 2.45) is 0 Å². The molecule has 0 saturated heterocycles. The number of nitrogens with one attached hydrogen (secondary N) is 2. The summed E-state index contributed by atoms with van der Waals surface area (Å²) in [7, 11) is 0. The summed E-state index contributed by atoms with van der Waals surface area (Å²) < 4.78 is 5.76. The van der Waals surface area contributed by atoms with Gasteiger partial charge in [-0.2, -0.15) is 0 Å². The molecule has 4 heteroatoms. The van der Waals surface area contributed by atoms with Crippen molar-refractivity contribution in [3.05, 3.63) is 35.9 Å². The molecule has 0 aromatic heterocycles. The van der Waals surface area contributed by atoms with Gasteiger partial charge in [0.25, 0.3) is 0 Å². The Morgan fingerprint density at radius 2 is 2.06 bits per heavy atom. The zero-order valence-electron chi connectivity index (χ0n) is 10.3. The number of hydrazine groups is 1. The molecule has 0 unspecified atom stereocenters. The Labute approximate surface area is 102 Å². The zero-order valence-corrected chi connectivity index (χ0v) is 10.3. The van der Waals surface area contributed by atoms with Gasteiger partial charge in [0.2, 0.25) is 6.41 Å². The van der Waals surface area contributed by atoms with Crippen LogP contribution in [0, 0.1) is 0 Å². The third-order valence-electron chi connectivity index (χ3n) is 2.69. The summed E-state index contributed by atoms with van der Waals surface area (Å²) in [4.78, 5) is 10.2. The minimum Gasteiger partial charge on any atom is -0.372 e. The predicted octanol–water partition coefficient (Wildman–Crippen LogP) is 1.62. The Bertz CT molecular complexity index is 316. The Hall–Kier alpha value is -1.39. The van der Waals surface area contributed by atoms with Crippen LogP contribution >= 0.6 is 0 Å². The molecule has 17 heavy (non-hydrogen) atoms. The van der Waals surface area contributed by atoms with Gasteiger partial charge in [0.1, 0.15) is 0 Å². The molecule has 0 radical (unpaired) electrons. The molecule has 1 rings (SSSR count). The van der Waals surface area contributed by atoms with E-state index in [1.165, 1.54) is 0 Å². The van der Waals surface area contributed by atoms with E-state index in [-0.39, 0.29) is 12.1 Å². The zero-order chi connectivity index (χ0) is 12.5. The maximum Gasteiger partial charge on any atom is 0.221 e. The van der Waals surface area contributed by atoms with E-state index in [2.05, 4.69) is 10.9 Å². The minimum absolute atomic E-state index is 0.0349. The number of amides is 1. The molecule has 0 aliphatic carbocycles. The summed E-state index contributed by atoms with van der Waals surface area (Å²) in [5.41, 5.74) is 6.53. The standard InChI is InChI=1S/C13H20N2O2/c1-3-13(15-14-10-16)11(2)17-9-12-7-5-4-6-8-12/h4-8,10-11,13,15H,3,9H2,1-2H3,(H,14,16)/t11-,13-/m1/s1. The van der Waals surface area contributed by atoms with Crippen LogP contribution in [-0.4, -0.2) is 18.6 Å². The maximum atomic E-state index is 10.2. The van der Waals surface area contributed by atoms with Crippen molar-refractivity contribution in [2.45, 2.75) is 39.0 Å². The summed E-state index contributed by atoms with van der Waals surface area (Å²) in [5, 5.41) is 0. The van der Waals surface area contributed by atoms with Gasteiger partial charge >= 0.3 is 0 Å². The molecule has 4 nitrogen and oxygen atoms in total. The number of rotatable bonds is 8.